The van der Waals surface area contributed by atoms with E-state index in [2.05, 4.69) is 29.0 Å². The lowest BCUT2D eigenvalue weighted by Crippen LogP contribution is -2.37. The molecule has 0 atom stereocenters. The quantitative estimate of drug-likeness (QED) is 0.497. The van der Waals surface area contributed by atoms with E-state index in [0.717, 1.165) is 24.1 Å². The molecule has 2 aliphatic heterocycles. The van der Waals surface area contributed by atoms with Crippen molar-refractivity contribution < 1.29 is 18.3 Å². The summed E-state index contributed by atoms with van der Waals surface area (Å²) in [5.74, 6) is -0.518. The van der Waals surface area contributed by atoms with Crippen LogP contribution in [-0.2, 0) is 21.4 Å². The molecule has 0 saturated carbocycles. The summed E-state index contributed by atoms with van der Waals surface area (Å²) in [4.78, 5) is 25.7. The van der Waals surface area contributed by atoms with Crippen LogP contribution in [0.1, 0.15) is 24.6 Å². The van der Waals surface area contributed by atoms with Gasteiger partial charge in [0, 0.05) is 56.9 Å². The lowest BCUT2D eigenvalue weighted by Gasteiger charge is -2.30. The molecular weight excluding hydrogens is 540 g/mol. The van der Waals surface area contributed by atoms with Crippen molar-refractivity contribution in [2.75, 3.05) is 55.6 Å². The van der Waals surface area contributed by atoms with Gasteiger partial charge in [0.25, 0.3) is 0 Å². The normalized spacial score (nSPS) is 19.9. The molecule has 0 amide bonds. The summed E-state index contributed by atoms with van der Waals surface area (Å²) in [6, 6.07) is 1.75. The molecule has 3 aromatic heterocycles. The van der Waals surface area contributed by atoms with Crippen molar-refractivity contribution >= 4 is 38.6 Å². The third-order valence-electron chi connectivity index (χ3n) is 7.40. The number of anilines is 2. The van der Waals surface area contributed by atoms with Crippen LogP contribution in [0.2, 0.25) is 0 Å². The lowest BCUT2D eigenvalue weighted by atomic mass is 9.97. The van der Waals surface area contributed by atoms with E-state index in [1.165, 1.54) is 42.5 Å². The summed E-state index contributed by atoms with van der Waals surface area (Å²) in [6.45, 7) is 4.89. The molecule has 6 rings (SSSR count). The molecule has 0 bridgehead atoms. The number of morpholine rings is 1. The molecule has 1 aliphatic carbocycles. The molecule has 2 fully saturated rings. The maximum Gasteiger partial charge on any atom is 0.304 e. The number of allylic oxidation sites excluding steroid dienone is 4. The molecule has 0 spiro atoms. The fourth-order valence-corrected chi connectivity index (χ4v) is 7.36. The Morgan fingerprint density at radius 2 is 1.92 bits per heavy atom. The van der Waals surface area contributed by atoms with Crippen molar-refractivity contribution in [1.82, 2.24) is 18.7 Å². The van der Waals surface area contributed by atoms with Gasteiger partial charge in [-0.3, -0.25) is 13.5 Å². The van der Waals surface area contributed by atoms with E-state index in [1.54, 1.807) is 18.5 Å². The van der Waals surface area contributed by atoms with E-state index in [1.807, 2.05) is 4.90 Å². The number of pyridine rings is 1. The number of rotatable bonds is 5. The molecule has 3 aliphatic rings. The van der Waals surface area contributed by atoms with Gasteiger partial charge in [-0.15, -0.1) is 11.3 Å². The lowest BCUT2D eigenvalue weighted by molar-refractivity contribution is 0.122. The molecule has 39 heavy (non-hydrogen) atoms. The molecule has 0 aromatic carbocycles. The van der Waals surface area contributed by atoms with Gasteiger partial charge in [0.2, 0.25) is 5.75 Å². The van der Waals surface area contributed by atoms with Gasteiger partial charge in [0.05, 0.1) is 24.6 Å². The summed E-state index contributed by atoms with van der Waals surface area (Å²) >= 11 is 1.37. The zero-order valence-electron chi connectivity index (χ0n) is 21.8. The second kappa shape index (κ2) is 10.0. The van der Waals surface area contributed by atoms with Crippen molar-refractivity contribution in [3.05, 3.63) is 57.0 Å². The maximum absolute atomic E-state index is 13.5. The van der Waals surface area contributed by atoms with Gasteiger partial charge in [-0.1, -0.05) is 23.3 Å². The van der Waals surface area contributed by atoms with Gasteiger partial charge in [-0.25, -0.2) is 9.97 Å². The minimum atomic E-state index is -3.79. The van der Waals surface area contributed by atoms with Crippen molar-refractivity contribution in [1.29, 1.82) is 0 Å². The number of ether oxygens (including phenoxy) is 1. The molecule has 1 N–H and O–H groups in total. The molecule has 11 nitrogen and oxygen atoms in total. The Balaban J connectivity index is 1.47. The Hall–Kier alpha value is -3.26. The van der Waals surface area contributed by atoms with Crippen LogP contribution in [0.3, 0.4) is 0 Å². The number of nitrogens with zero attached hydrogens (tertiary/aromatic N) is 6. The number of fused-ring (bicyclic) bond motifs is 1. The average molecular weight is 571 g/mol. The minimum Gasteiger partial charge on any atom is -0.501 e. The Morgan fingerprint density at radius 1 is 1.13 bits per heavy atom. The van der Waals surface area contributed by atoms with Crippen LogP contribution >= 0.6 is 11.3 Å². The molecule has 13 heteroatoms. The molecule has 3 aromatic rings. The maximum atomic E-state index is 13.5. The van der Waals surface area contributed by atoms with Gasteiger partial charge in [0.1, 0.15) is 10.7 Å². The van der Waals surface area contributed by atoms with Crippen LogP contribution in [0.25, 0.3) is 16.3 Å². The highest BCUT2D eigenvalue weighted by Crippen LogP contribution is 2.36. The fraction of sp³-hybridized carbons (Fsp3) is 0.423. The van der Waals surface area contributed by atoms with Gasteiger partial charge in [-0.05, 0) is 25.8 Å². The third-order valence-corrected chi connectivity index (χ3v) is 10.3. The van der Waals surface area contributed by atoms with Crippen LogP contribution in [0.15, 0.2) is 46.6 Å². The first-order chi connectivity index (χ1) is 18.7. The topological polar surface area (TPSA) is 121 Å². The Morgan fingerprint density at radius 3 is 2.62 bits per heavy atom. The molecule has 0 unspecified atom stereocenters. The summed E-state index contributed by atoms with van der Waals surface area (Å²) in [6.07, 6.45) is 10.4. The zero-order valence-corrected chi connectivity index (χ0v) is 23.5. The van der Waals surface area contributed by atoms with Gasteiger partial charge in [-0.2, -0.15) is 12.7 Å². The second-order valence-electron chi connectivity index (χ2n) is 10.0. The predicted molar refractivity (Wildman–Crippen MR) is 151 cm³/mol. The standard InChI is InChI=1S/C26H30N6O5S2/c1-17-3-5-18(6-4-17)13-20-15-27-25(38-20)22-23(33)26(34)31-16-19(30-9-11-37-12-10-30)14-21(24(31)28-22)32-8-7-29(2)39(32,35)36/h3,5,14-16,33H,4,6-13H2,1-2H3. The number of likely N-dealkylation sites (N-methyl/N-ethyl adjacent to an activating group) is 1. The molecular formula is C26H30N6O5S2. The summed E-state index contributed by atoms with van der Waals surface area (Å²) in [5.41, 5.74) is 3.12. The zero-order chi connectivity index (χ0) is 27.3. The van der Waals surface area contributed by atoms with Crippen molar-refractivity contribution in [3.8, 4) is 16.5 Å². The highest BCUT2D eigenvalue weighted by Gasteiger charge is 2.36. The number of aromatic nitrogens is 3. The minimum absolute atomic E-state index is 0.0509. The first-order valence-corrected chi connectivity index (χ1v) is 15.1. The largest absolute Gasteiger partial charge is 0.501 e. The van der Waals surface area contributed by atoms with E-state index in [4.69, 9.17) is 4.74 Å². The first-order valence-electron chi connectivity index (χ1n) is 12.9. The number of aromatic hydroxyl groups is 1. The monoisotopic (exact) mass is 570 g/mol. The van der Waals surface area contributed by atoms with Crippen LogP contribution in [0, 0.1) is 0 Å². The number of hydrogen-bond donors (Lipinski definition) is 1. The Labute approximate surface area is 230 Å². The van der Waals surface area contributed by atoms with Crippen molar-refractivity contribution in [3.63, 3.8) is 0 Å². The van der Waals surface area contributed by atoms with Crippen molar-refractivity contribution in [2.45, 2.75) is 26.2 Å². The fourth-order valence-electron chi connectivity index (χ4n) is 5.06. The van der Waals surface area contributed by atoms with E-state index in [0.29, 0.717) is 43.5 Å². The van der Waals surface area contributed by atoms with E-state index in [9.17, 15) is 18.3 Å². The molecule has 0 radical (unpaired) electrons. The Kier molecular flexibility index (Phi) is 6.69. The van der Waals surface area contributed by atoms with Crippen LogP contribution in [0.4, 0.5) is 11.4 Å². The van der Waals surface area contributed by atoms with Crippen LogP contribution in [-0.4, -0.2) is 78.6 Å². The molecule has 5 heterocycles. The second-order valence-corrected chi connectivity index (χ2v) is 13.1. The van der Waals surface area contributed by atoms with E-state index in [-0.39, 0.29) is 23.6 Å². The van der Waals surface area contributed by atoms with Crippen LogP contribution < -0.4 is 14.8 Å². The SMILES string of the molecule is CC1=CC=C(Cc2cnc(-c3nc4c(N5CCN(C)S5(=O)=O)cc(N5CCOCC5)cn4c(=O)c3O)s2)CC1. The van der Waals surface area contributed by atoms with E-state index < -0.39 is 21.5 Å². The Bertz CT molecular complexity index is 1670. The number of thiazole rings is 1. The summed E-state index contributed by atoms with van der Waals surface area (Å²) < 4.78 is 35.6. The van der Waals surface area contributed by atoms with Crippen LogP contribution in [0.5, 0.6) is 5.75 Å². The van der Waals surface area contributed by atoms with Crippen molar-refractivity contribution in [2.24, 2.45) is 0 Å². The first kappa shape index (κ1) is 26.0. The third kappa shape index (κ3) is 4.73. The highest BCUT2D eigenvalue weighted by atomic mass is 32.2. The average Bonchev–Trinajstić information content (AvgIpc) is 3.50. The molecule has 2 saturated heterocycles. The van der Waals surface area contributed by atoms with Gasteiger partial charge in [0.15, 0.2) is 5.65 Å². The smallest absolute Gasteiger partial charge is 0.304 e. The highest BCUT2D eigenvalue weighted by molar-refractivity contribution is 7.90. The molecule has 206 valence electrons. The summed E-state index contributed by atoms with van der Waals surface area (Å²) in [5, 5.41) is 11.4. The van der Waals surface area contributed by atoms with Gasteiger partial charge < -0.3 is 14.7 Å². The number of hydrogen-bond acceptors (Lipinski definition) is 9. The van der Waals surface area contributed by atoms with Gasteiger partial charge >= 0.3 is 15.8 Å². The summed E-state index contributed by atoms with van der Waals surface area (Å²) in [7, 11) is -2.27. The van der Waals surface area contributed by atoms with E-state index >= 15 is 0 Å². The predicted octanol–water partition coefficient (Wildman–Crippen LogP) is 2.57.